The number of hydrogen-bond donors (Lipinski definition) is 1. The van der Waals surface area contributed by atoms with Crippen LogP contribution >= 0.6 is 0 Å². The molecule has 1 N–H and O–H groups in total. The van der Waals surface area contributed by atoms with Crippen LogP contribution in [0.25, 0.3) is 11.2 Å². The first kappa shape index (κ1) is 16.8. The van der Waals surface area contributed by atoms with Crippen molar-refractivity contribution >= 4 is 17.0 Å². The number of imidazole rings is 1. The Kier molecular flexibility index (Phi) is 4.23. The molecule has 26 heavy (non-hydrogen) atoms. The average molecular weight is 362 g/mol. The van der Waals surface area contributed by atoms with Gasteiger partial charge in [0.05, 0.1) is 11.9 Å². The third-order valence-corrected chi connectivity index (χ3v) is 4.59. The molecule has 2 aromatic heterocycles. The summed E-state index contributed by atoms with van der Waals surface area (Å²) in [5.74, 6) is 0.780. The van der Waals surface area contributed by atoms with Crippen LogP contribution in [0.1, 0.15) is 11.1 Å². The second-order valence-corrected chi connectivity index (χ2v) is 6.22. The largest absolute Gasteiger partial charge is 0.416 e. The minimum absolute atomic E-state index is 0.284. The van der Waals surface area contributed by atoms with Crippen LogP contribution in [0.3, 0.4) is 0 Å². The molecule has 0 radical (unpaired) electrons. The van der Waals surface area contributed by atoms with Crippen molar-refractivity contribution < 1.29 is 13.2 Å². The van der Waals surface area contributed by atoms with Gasteiger partial charge in [-0.25, -0.2) is 15.0 Å². The number of anilines is 1. The quantitative estimate of drug-likeness (QED) is 0.776. The molecule has 1 aliphatic rings. The van der Waals surface area contributed by atoms with E-state index in [2.05, 4.69) is 24.8 Å². The molecule has 1 fully saturated rings. The number of benzene rings is 1. The van der Waals surface area contributed by atoms with Gasteiger partial charge in [-0.2, -0.15) is 13.2 Å². The molecule has 1 aromatic carbocycles. The molecule has 0 amide bonds. The van der Waals surface area contributed by atoms with Gasteiger partial charge in [0.15, 0.2) is 11.5 Å². The van der Waals surface area contributed by atoms with Gasteiger partial charge in [0.1, 0.15) is 11.8 Å². The third-order valence-electron chi connectivity index (χ3n) is 4.59. The Morgan fingerprint density at radius 1 is 1.00 bits per heavy atom. The number of piperazine rings is 1. The van der Waals surface area contributed by atoms with E-state index in [1.807, 2.05) is 4.90 Å². The monoisotopic (exact) mass is 362 g/mol. The highest BCUT2D eigenvalue weighted by atomic mass is 19.4. The lowest BCUT2D eigenvalue weighted by Gasteiger charge is -2.35. The number of nitrogens with one attached hydrogen (secondary N) is 1. The zero-order chi connectivity index (χ0) is 18.1. The fourth-order valence-electron chi connectivity index (χ4n) is 3.29. The summed E-state index contributed by atoms with van der Waals surface area (Å²) in [5.41, 5.74) is 1.14. The first-order chi connectivity index (χ1) is 12.5. The van der Waals surface area contributed by atoms with Crippen LogP contribution in [0.5, 0.6) is 0 Å². The number of aromatic nitrogens is 4. The Labute approximate surface area is 147 Å². The summed E-state index contributed by atoms with van der Waals surface area (Å²) in [7, 11) is 0. The van der Waals surface area contributed by atoms with Crippen molar-refractivity contribution in [2.45, 2.75) is 12.7 Å². The third kappa shape index (κ3) is 3.22. The SMILES string of the molecule is FC(F)(F)c1ccccc1CN1CCN(c2ncnc3nc[nH]c23)CC1. The summed E-state index contributed by atoms with van der Waals surface area (Å²) >= 11 is 0. The van der Waals surface area contributed by atoms with Crippen molar-refractivity contribution in [1.29, 1.82) is 0 Å². The van der Waals surface area contributed by atoms with E-state index in [-0.39, 0.29) is 6.54 Å². The molecule has 1 saturated heterocycles. The molecular weight excluding hydrogens is 345 g/mol. The van der Waals surface area contributed by atoms with Crippen molar-refractivity contribution in [3.8, 4) is 0 Å². The second kappa shape index (κ2) is 6.56. The van der Waals surface area contributed by atoms with E-state index < -0.39 is 11.7 Å². The topological polar surface area (TPSA) is 60.9 Å². The Hall–Kier alpha value is -2.68. The molecule has 0 aliphatic carbocycles. The second-order valence-electron chi connectivity index (χ2n) is 6.22. The molecule has 3 aromatic rings. The van der Waals surface area contributed by atoms with Crippen LogP contribution in [0.4, 0.5) is 19.0 Å². The number of fused-ring (bicyclic) bond motifs is 1. The predicted molar refractivity (Wildman–Crippen MR) is 90.6 cm³/mol. The maximum Gasteiger partial charge on any atom is 0.416 e. The molecule has 0 atom stereocenters. The first-order valence-corrected chi connectivity index (χ1v) is 8.29. The van der Waals surface area contributed by atoms with Gasteiger partial charge in [0, 0.05) is 32.7 Å². The molecule has 0 spiro atoms. The highest BCUT2D eigenvalue weighted by molar-refractivity contribution is 5.82. The lowest BCUT2D eigenvalue weighted by Crippen LogP contribution is -2.46. The van der Waals surface area contributed by atoms with Gasteiger partial charge in [-0.15, -0.1) is 0 Å². The van der Waals surface area contributed by atoms with E-state index in [1.54, 1.807) is 18.5 Å². The maximum atomic E-state index is 13.2. The standard InChI is InChI=1S/C17H17F3N6/c18-17(19,20)13-4-2-1-3-12(13)9-25-5-7-26(8-6-25)16-14-15(22-10-21-14)23-11-24-16/h1-4,10-11H,5-9H2,(H,21,22,23,24). The summed E-state index contributed by atoms with van der Waals surface area (Å²) in [6, 6.07) is 5.76. The van der Waals surface area contributed by atoms with Crippen LogP contribution < -0.4 is 4.90 Å². The van der Waals surface area contributed by atoms with Gasteiger partial charge in [-0.3, -0.25) is 4.90 Å². The molecule has 4 rings (SSSR count). The highest BCUT2D eigenvalue weighted by Gasteiger charge is 2.33. The Bertz CT molecular complexity index is 899. The number of alkyl halides is 3. The first-order valence-electron chi connectivity index (χ1n) is 8.29. The normalized spacial score (nSPS) is 16.3. The summed E-state index contributed by atoms with van der Waals surface area (Å²) in [6.45, 7) is 2.96. The van der Waals surface area contributed by atoms with E-state index >= 15 is 0 Å². The van der Waals surface area contributed by atoms with Crippen LogP contribution in [-0.4, -0.2) is 51.0 Å². The fourth-order valence-corrected chi connectivity index (χ4v) is 3.29. The van der Waals surface area contributed by atoms with Gasteiger partial charge >= 0.3 is 6.18 Å². The van der Waals surface area contributed by atoms with E-state index in [0.29, 0.717) is 37.4 Å². The molecule has 1 aliphatic heterocycles. The predicted octanol–water partition coefficient (Wildman–Crippen LogP) is 2.69. The van der Waals surface area contributed by atoms with Crippen LogP contribution in [-0.2, 0) is 12.7 Å². The number of H-pyrrole nitrogens is 1. The zero-order valence-corrected chi connectivity index (χ0v) is 13.9. The van der Waals surface area contributed by atoms with Gasteiger partial charge in [-0.1, -0.05) is 18.2 Å². The molecule has 0 saturated carbocycles. The molecule has 0 bridgehead atoms. The average Bonchev–Trinajstić information content (AvgIpc) is 3.11. The number of halogens is 3. The Balaban J connectivity index is 1.46. The van der Waals surface area contributed by atoms with Gasteiger partial charge < -0.3 is 9.88 Å². The minimum atomic E-state index is -4.33. The van der Waals surface area contributed by atoms with Crippen LogP contribution in [0.15, 0.2) is 36.9 Å². The van der Waals surface area contributed by atoms with E-state index in [4.69, 9.17) is 0 Å². The molecule has 9 heteroatoms. The Morgan fingerprint density at radius 2 is 1.77 bits per heavy atom. The lowest BCUT2D eigenvalue weighted by molar-refractivity contribution is -0.138. The molecular formula is C17H17F3N6. The van der Waals surface area contributed by atoms with Gasteiger partial charge in [0.2, 0.25) is 0 Å². The van der Waals surface area contributed by atoms with E-state index in [0.717, 1.165) is 17.4 Å². The van der Waals surface area contributed by atoms with Gasteiger partial charge in [-0.05, 0) is 11.6 Å². The van der Waals surface area contributed by atoms with Crippen molar-refractivity contribution in [2.75, 3.05) is 31.1 Å². The number of aromatic amines is 1. The summed E-state index contributed by atoms with van der Waals surface area (Å²) < 4.78 is 39.5. The number of rotatable bonds is 3. The van der Waals surface area contributed by atoms with Crippen molar-refractivity contribution in [3.63, 3.8) is 0 Å². The van der Waals surface area contributed by atoms with E-state index in [1.165, 1.54) is 12.4 Å². The molecule has 0 unspecified atom stereocenters. The molecule has 6 nitrogen and oxygen atoms in total. The van der Waals surface area contributed by atoms with E-state index in [9.17, 15) is 13.2 Å². The summed E-state index contributed by atoms with van der Waals surface area (Å²) in [5, 5.41) is 0. The molecule has 3 heterocycles. The van der Waals surface area contributed by atoms with Gasteiger partial charge in [0.25, 0.3) is 0 Å². The van der Waals surface area contributed by atoms with Crippen LogP contribution in [0.2, 0.25) is 0 Å². The fraction of sp³-hybridized carbons (Fsp3) is 0.353. The maximum absolute atomic E-state index is 13.2. The summed E-state index contributed by atoms with van der Waals surface area (Å²) in [4.78, 5) is 19.7. The lowest BCUT2D eigenvalue weighted by atomic mass is 10.1. The zero-order valence-electron chi connectivity index (χ0n) is 13.9. The summed E-state index contributed by atoms with van der Waals surface area (Å²) in [6.07, 6.45) is -1.27. The smallest absolute Gasteiger partial charge is 0.352 e. The number of nitrogens with zero attached hydrogens (tertiary/aromatic N) is 5. The van der Waals surface area contributed by atoms with Crippen molar-refractivity contribution in [2.24, 2.45) is 0 Å². The van der Waals surface area contributed by atoms with Crippen molar-refractivity contribution in [1.82, 2.24) is 24.8 Å². The van der Waals surface area contributed by atoms with Crippen molar-refractivity contribution in [3.05, 3.63) is 48.0 Å². The van der Waals surface area contributed by atoms with Crippen LogP contribution in [0, 0.1) is 0 Å². The number of hydrogen-bond acceptors (Lipinski definition) is 5. The Morgan fingerprint density at radius 3 is 2.54 bits per heavy atom. The minimum Gasteiger partial charge on any atom is -0.352 e. The highest BCUT2D eigenvalue weighted by Crippen LogP contribution is 2.32. The molecule has 136 valence electrons.